The molecule has 108 valence electrons. The van der Waals surface area contributed by atoms with Gasteiger partial charge >= 0.3 is 0 Å². The predicted molar refractivity (Wildman–Crippen MR) is 87.5 cm³/mol. The van der Waals surface area contributed by atoms with Gasteiger partial charge in [0.05, 0.1) is 11.2 Å². The molecule has 22 heavy (non-hydrogen) atoms. The maximum Gasteiger partial charge on any atom is 0.137 e. The monoisotopic (exact) mass is 308 g/mol. The van der Waals surface area contributed by atoms with Crippen LogP contribution in [-0.4, -0.2) is 19.2 Å². The lowest BCUT2D eigenvalue weighted by Gasteiger charge is -2.07. The van der Waals surface area contributed by atoms with Gasteiger partial charge in [0.2, 0.25) is 0 Å². The van der Waals surface area contributed by atoms with Crippen molar-refractivity contribution < 1.29 is 0 Å². The second-order valence-corrected chi connectivity index (χ2v) is 5.62. The average Bonchev–Trinajstić information content (AvgIpc) is 3.17. The third-order valence-corrected chi connectivity index (χ3v) is 3.98. The zero-order valence-corrected chi connectivity index (χ0v) is 12.7. The number of aryl methyl sites for hydroxylation is 1. The van der Waals surface area contributed by atoms with Crippen molar-refractivity contribution in [1.29, 1.82) is 0 Å². The number of hydrogen-bond acceptors (Lipinski definition) is 2. The molecule has 0 radical (unpaired) electrons. The molecule has 0 aliphatic rings. The lowest BCUT2D eigenvalue weighted by molar-refractivity contribution is 0.906. The van der Waals surface area contributed by atoms with Crippen LogP contribution in [0.1, 0.15) is 5.56 Å². The van der Waals surface area contributed by atoms with Crippen LogP contribution in [0.15, 0.2) is 61.3 Å². The second kappa shape index (κ2) is 5.00. The molecule has 0 atom stereocenters. The number of fused-ring (bicyclic) bond motifs is 1. The third kappa shape index (κ3) is 2.09. The summed E-state index contributed by atoms with van der Waals surface area (Å²) in [7, 11) is 0. The molecule has 3 heterocycles. The standard InChI is InChI=1S/C17H13ClN4/c1-12-4-5-14(18)9-16(12)21-8-6-13(10-21)17-15-3-2-7-22(15)20-11-19-17/h2-11H,1H3. The lowest BCUT2D eigenvalue weighted by Crippen LogP contribution is -1.95. The first-order valence-electron chi connectivity index (χ1n) is 6.95. The van der Waals surface area contributed by atoms with Gasteiger partial charge in [-0.1, -0.05) is 17.7 Å². The largest absolute Gasteiger partial charge is 0.323 e. The van der Waals surface area contributed by atoms with Gasteiger partial charge in [-0.15, -0.1) is 0 Å². The Hall–Kier alpha value is -2.59. The van der Waals surface area contributed by atoms with Crippen molar-refractivity contribution in [3.8, 4) is 16.9 Å². The van der Waals surface area contributed by atoms with Gasteiger partial charge in [0.25, 0.3) is 0 Å². The Bertz CT molecular complexity index is 968. The van der Waals surface area contributed by atoms with Crippen molar-refractivity contribution in [3.63, 3.8) is 0 Å². The third-order valence-electron chi connectivity index (χ3n) is 3.75. The van der Waals surface area contributed by atoms with Gasteiger partial charge < -0.3 is 4.57 Å². The Morgan fingerprint density at radius 1 is 1.09 bits per heavy atom. The number of aromatic nitrogens is 4. The van der Waals surface area contributed by atoms with Crippen LogP contribution in [0.3, 0.4) is 0 Å². The van der Waals surface area contributed by atoms with Crippen molar-refractivity contribution in [3.05, 3.63) is 71.9 Å². The predicted octanol–water partition coefficient (Wildman–Crippen LogP) is 4.15. The number of benzene rings is 1. The zero-order valence-electron chi connectivity index (χ0n) is 11.9. The lowest BCUT2D eigenvalue weighted by atomic mass is 10.2. The fraction of sp³-hybridized carbons (Fsp3) is 0.0588. The summed E-state index contributed by atoms with van der Waals surface area (Å²) in [5.41, 5.74) is 5.19. The Morgan fingerprint density at radius 2 is 2.00 bits per heavy atom. The molecule has 0 unspecified atom stereocenters. The molecule has 1 aromatic carbocycles. The highest BCUT2D eigenvalue weighted by Crippen LogP contribution is 2.26. The molecule has 4 aromatic rings. The fourth-order valence-corrected chi connectivity index (χ4v) is 2.80. The van der Waals surface area contributed by atoms with Crippen LogP contribution < -0.4 is 0 Å². The summed E-state index contributed by atoms with van der Waals surface area (Å²) in [6.07, 6.45) is 7.58. The molecule has 4 nitrogen and oxygen atoms in total. The first-order chi connectivity index (χ1) is 10.7. The van der Waals surface area contributed by atoms with Crippen molar-refractivity contribution in [2.75, 3.05) is 0 Å². The first-order valence-corrected chi connectivity index (χ1v) is 7.33. The van der Waals surface area contributed by atoms with Crippen molar-refractivity contribution in [2.24, 2.45) is 0 Å². The minimum Gasteiger partial charge on any atom is -0.323 e. The zero-order chi connectivity index (χ0) is 15.1. The Labute approximate surface area is 132 Å². The highest BCUT2D eigenvalue weighted by atomic mass is 35.5. The van der Waals surface area contributed by atoms with E-state index in [1.807, 2.05) is 47.2 Å². The molecule has 0 saturated heterocycles. The van der Waals surface area contributed by atoms with E-state index in [-0.39, 0.29) is 0 Å². The van der Waals surface area contributed by atoms with Crippen LogP contribution >= 0.6 is 11.6 Å². The molecule has 0 aliphatic carbocycles. The maximum atomic E-state index is 6.12. The van der Waals surface area contributed by atoms with Crippen LogP contribution in [0, 0.1) is 6.92 Å². The van der Waals surface area contributed by atoms with E-state index in [0.717, 1.165) is 27.5 Å². The molecule has 0 bridgehead atoms. The van der Waals surface area contributed by atoms with Crippen molar-refractivity contribution in [1.82, 2.24) is 19.2 Å². The summed E-state index contributed by atoms with van der Waals surface area (Å²) in [5, 5.41) is 4.93. The number of rotatable bonds is 2. The van der Waals surface area contributed by atoms with Crippen molar-refractivity contribution in [2.45, 2.75) is 6.92 Å². The van der Waals surface area contributed by atoms with E-state index in [1.54, 1.807) is 6.33 Å². The van der Waals surface area contributed by atoms with Crippen LogP contribution in [0.25, 0.3) is 22.5 Å². The Balaban J connectivity index is 1.85. The summed E-state index contributed by atoms with van der Waals surface area (Å²) in [6, 6.07) is 11.9. The van der Waals surface area contributed by atoms with Crippen LogP contribution in [0.2, 0.25) is 5.02 Å². The molecule has 5 heteroatoms. The van der Waals surface area contributed by atoms with Crippen LogP contribution in [0.5, 0.6) is 0 Å². The van der Waals surface area contributed by atoms with E-state index < -0.39 is 0 Å². The van der Waals surface area contributed by atoms with Gasteiger partial charge in [-0.05, 0) is 42.8 Å². The SMILES string of the molecule is Cc1ccc(Cl)cc1-n1ccc(-c2ncnn3cccc23)c1. The minimum absolute atomic E-state index is 0.729. The average molecular weight is 309 g/mol. The van der Waals surface area contributed by atoms with Crippen LogP contribution in [0.4, 0.5) is 0 Å². The molecule has 3 aromatic heterocycles. The number of hydrogen-bond donors (Lipinski definition) is 0. The van der Waals surface area contributed by atoms with Gasteiger partial charge in [0.15, 0.2) is 0 Å². The Kier molecular flexibility index (Phi) is 2.98. The smallest absolute Gasteiger partial charge is 0.137 e. The number of nitrogens with zero attached hydrogens (tertiary/aromatic N) is 4. The van der Waals surface area contributed by atoms with E-state index in [1.165, 1.54) is 5.56 Å². The summed E-state index contributed by atoms with van der Waals surface area (Å²) in [6.45, 7) is 2.07. The molecule has 0 fully saturated rings. The normalized spacial score (nSPS) is 11.2. The highest BCUT2D eigenvalue weighted by Gasteiger charge is 2.09. The molecular weight excluding hydrogens is 296 g/mol. The van der Waals surface area contributed by atoms with E-state index in [0.29, 0.717) is 0 Å². The summed E-state index contributed by atoms with van der Waals surface area (Å²) < 4.78 is 3.89. The molecule has 0 spiro atoms. The van der Waals surface area contributed by atoms with E-state index in [4.69, 9.17) is 11.6 Å². The molecule has 0 aliphatic heterocycles. The van der Waals surface area contributed by atoms with E-state index in [2.05, 4.69) is 33.8 Å². The molecule has 4 rings (SSSR count). The highest BCUT2D eigenvalue weighted by molar-refractivity contribution is 6.30. The van der Waals surface area contributed by atoms with Gasteiger partial charge in [-0.3, -0.25) is 0 Å². The van der Waals surface area contributed by atoms with Gasteiger partial charge in [-0.2, -0.15) is 5.10 Å². The maximum absolute atomic E-state index is 6.12. The summed E-state index contributed by atoms with van der Waals surface area (Å²) >= 11 is 6.12. The number of halogens is 1. The molecular formula is C17H13ClN4. The van der Waals surface area contributed by atoms with Crippen molar-refractivity contribution >= 4 is 17.1 Å². The van der Waals surface area contributed by atoms with E-state index in [9.17, 15) is 0 Å². The topological polar surface area (TPSA) is 35.1 Å². The first kappa shape index (κ1) is 13.1. The molecule has 0 N–H and O–H groups in total. The molecule has 0 amide bonds. The molecule has 0 saturated carbocycles. The summed E-state index contributed by atoms with van der Waals surface area (Å²) in [4.78, 5) is 4.42. The van der Waals surface area contributed by atoms with Gasteiger partial charge in [-0.25, -0.2) is 9.50 Å². The fourth-order valence-electron chi connectivity index (χ4n) is 2.64. The van der Waals surface area contributed by atoms with Gasteiger partial charge in [0.1, 0.15) is 6.33 Å². The Morgan fingerprint density at radius 3 is 2.91 bits per heavy atom. The van der Waals surface area contributed by atoms with Crippen LogP contribution in [-0.2, 0) is 0 Å². The van der Waals surface area contributed by atoms with Gasteiger partial charge in [0, 0.05) is 34.9 Å². The second-order valence-electron chi connectivity index (χ2n) is 5.18. The quantitative estimate of drug-likeness (QED) is 0.557. The van der Waals surface area contributed by atoms with E-state index >= 15 is 0 Å². The summed E-state index contributed by atoms with van der Waals surface area (Å²) in [5.74, 6) is 0. The minimum atomic E-state index is 0.729.